The molecule has 1 unspecified atom stereocenters. The van der Waals surface area contributed by atoms with Crippen molar-refractivity contribution in [1.29, 1.82) is 10.5 Å². The van der Waals surface area contributed by atoms with Crippen molar-refractivity contribution in [3.63, 3.8) is 0 Å². The van der Waals surface area contributed by atoms with Crippen LogP contribution in [0.4, 0.5) is 5.69 Å². The van der Waals surface area contributed by atoms with Crippen molar-refractivity contribution in [3.8, 4) is 12.1 Å². The molecule has 104 valence electrons. The van der Waals surface area contributed by atoms with Crippen LogP contribution in [0, 0.1) is 22.7 Å². The van der Waals surface area contributed by atoms with Crippen LogP contribution in [0.5, 0.6) is 0 Å². The van der Waals surface area contributed by atoms with Crippen LogP contribution in [0.1, 0.15) is 36.0 Å². The zero-order valence-corrected chi connectivity index (χ0v) is 12.0. The second-order valence-electron chi connectivity index (χ2n) is 5.01. The van der Waals surface area contributed by atoms with Gasteiger partial charge in [-0.3, -0.25) is 0 Å². The lowest BCUT2D eigenvalue weighted by Crippen LogP contribution is -2.06. The van der Waals surface area contributed by atoms with E-state index in [1.165, 1.54) is 5.56 Å². The Morgan fingerprint density at radius 1 is 1.00 bits per heavy atom. The minimum absolute atomic E-state index is 0.415. The van der Waals surface area contributed by atoms with Crippen LogP contribution in [0.3, 0.4) is 0 Å². The maximum atomic E-state index is 9.01. The predicted octanol–water partition coefficient (Wildman–Crippen LogP) is 4.04. The van der Waals surface area contributed by atoms with Crippen LogP contribution in [0.15, 0.2) is 48.5 Å². The molecular weight excluding hydrogens is 258 g/mol. The minimum atomic E-state index is 0.415. The summed E-state index contributed by atoms with van der Waals surface area (Å²) < 4.78 is 0. The molecule has 21 heavy (non-hydrogen) atoms. The Labute approximate surface area is 125 Å². The number of hydrogen-bond acceptors (Lipinski definition) is 3. The Balaban J connectivity index is 1.92. The minimum Gasteiger partial charge on any atom is -0.385 e. The highest BCUT2D eigenvalue weighted by molar-refractivity contribution is 5.56. The molecule has 0 aliphatic carbocycles. The predicted molar refractivity (Wildman–Crippen MR) is 83.8 cm³/mol. The van der Waals surface area contributed by atoms with Gasteiger partial charge in [0, 0.05) is 12.2 Å². The van der Waals surface area contributed by atoms with Gasteiger partial charge < -0.3 is 5.32 Å². The lowest BCUT2D eigenvalue weighted by Gasteiger charge is -2.13. The summed E-state index contributed by atoms with van der Waals surface area (Å²) in [6.07, 6.45) is 1.01. The first-order valence-electron chi connectivity index (χ1n) is 6.97. The molecule has 3 heteroatoms. The molecule has 1 N–H and O–H groups in total. The smallest absolute Gasteiger partial charge is 0.101 e. The van der Waals surface area contributed by atoms with Crippen LogP contribution >= 0.6 is 0 Å². The van der Waals surface area contributed by atoms with E-state index in [2.05, 4.69) is 36.5 Å². The number of rotatable bonds is 5. The van der Waals surface area contributed by atoms with Gasteiger partial charge >= 0.3 is 0 Å². The Bertz CT molecular complexity index is 678. The zero-order chi connectivity index (χ0) is 15.1. The summed E-state index contributed by atoms with van der Waals surface area (Å²) in [6.45, 7) is 3.03. The molecule has 0 aliphatic rings. The molecular formula is C18H17N3. The Hall–Kier alpha value is -2.78. The van der Waals surface area contributed by atoms with E-state index in [0.29, 0.717) is 17.0 Å². The highest BCUT2D eigenvalue weighted by Crippen LogP contribution is 2.19. The average Bonchev–Trinajstić information content (AvgIpc) is 2.55. The molecule has 0 spiro atoms. The summed E-state index contributed by atoms with van der Waals surface area (Å²) in [6, 6.07) is 19.7. The Morgan fingerprint density at radius 3 is 2.38 bits per heavy atom. The van der Waals surface area contributed by atoms with Crippen LogP contribution in [0.2, 0.25) is 0 Å². The largest absolute Gasteiger partial charge is 0.385 e. The van der Waals surface area contributed by atoms with Gasteiger partial charge in [-0.15, -0.1) is 0 Å². The fourth-order valence-electron chi connectivity index (χ4n) is 2.23. The third-order valence-electron chi connectivity index (χ3n) is 3.54. The lowest BCUT2D eigenvalue weighted by molar-refractivity contribution is 0.706. The molecule has 0 aliphatic heterocycles. The average molecular weight is 275 g/mol. The zero-order valence-electron chi connectivity index (χ0n) is 12.0. The molecule has 0 heterocycles. The standard InChI is InChI=1S/C18H17N3/c1-14(15-5-3-2-4-6-15)9-10-21-18-8-7-16(12-19)17(11-18)13-20/h2-8,11,14,21H,9-10H2,1H3. The lowest BCUT2D eigenvalue weighted by atomic mass is 9.98. The van der Waals surface area contributed by atoms with Gasteiger partial charge in [-0.1, -0.05) is 37.3 Å². The van der Waals surface area contributed by atoms with Crippen molar-refractivity contribution < 1.29 is 0 Å². The normalized spacial score (nSPS) is 11.2. The van der Waals surface area contributed by atoms with Gasteiger partial charge in [-0.05, 0) is 36.1 Å². The molecule has 0 aromatic heterocycles. The molecule has 1 atom stereocenters. The first kappa shape index (κ1) is 14.6. The van der Waals surface area contributed by atoms with Crippen molar-refractivity contribution in [2.45, 2.75) is 19.3 Å². The van der Waals surface area contributed by atoms with Gasteiger partial charge in [-0.2, -0.15) is 10.5 Å². The van der Waals surface area contributed by atoms with Gasteiger partial charge in [0.2, 0.25) is 0 Å². The van der Waals surface area contributed by atoms with E-state index < -0.39 is 0 Å². The second kappa shape index (κ2) is 7.12. The molecule has 0 saturated heterocycles. The summed E-state index contributed by atoms with van der Waals surface area (Å²) >= 11 is 0. The first-order valence-corrected chi connectivity index (χ1v) is 6.97. The molecule has 0 radical (unpaired) electrons. The van der Waals surface area contributed by atoms with Crippen molar-refractivity contribution in [2.24, 2.45) is 0 Å². The molecule has 2 aromatic carbocycles. The summed E-state index contributed by atoms with van der Waals surface area (Å²) in [5.41, 5.74) is 3.04. The molecule has 0 amide bonds. The third-order valence-corrected chi connectivity index (χ3v) is 3.54. The van der Waals surface area contributed by atoms with E-state index in [4.69, 9.17) is 10.5 Å². The van der Waals surface area contributed by atoms with Gasteiger partial charge in [-0.25, -0.2) is 0 Å². The van der Waals surface area contributed by atoms with Crippen molar-refractivity contribution >= 4 is 5.69 Å². The van der Waals surface area contributed by atoms with Crippen molar-refractivity contribution in [2.75, 3.05) is 11.9 Å². The summed E-state index contributed by atoms with van der Waals surface area (Å²) in [4.78, 5) is 0. The fourth-order valence-corrected chi connectivity index (χ4v) is 2.23. The van der Waals surface area contributed by atoms with Gasteiger partial charge in [0.05, 0.1) is 11.1 Å². The number of benzene rings is 2. The van der Waals surface area contributed by atoms with Gasteiger partial charge in [0.1, 0.15) is 12.1 Å². The van der Waals surface area contributed by atoms with E-state index in [9.17, 15) is 0 Å². The monoisotopic (exact) mass is 275 g/mol. The van der Waals surface area contributed by atoms with Crippen LogP contribution in [-0.4, -0.2) is 6.54 Å². The quantitative estimate of drug-likeness (QED) is 0.896. The summed E-state index contributed by atoms with van der Waals surface area (Å²) in [5, 5.41) is 21.2. The number of anilines is 1. The van der Waals surface area contributed by atoms with Crippen molar-refractivity contribution in [3.05, 3.63) is 65.2 Å². The number of nitrogens with zero attached hydrogens (tertiary/aromatic N) is 2. The van der Waals surface area contributed by atoms with Gasteiger partial charge in [0.25, 0.3) is 0 Å². The number of nitrogens with one attached hydrogen (secondary N) is 1. The highest BCUT2D eigenvalue weighted by atomic mass is 14.9. The van der Waals surface area contributed by atoms with Gasteiger partial charge in [0.15, 0.2) is 0 Å². The van der Waals surface area contributed by atoms with Crippen molar-refractivity contribution in [1.82, 2.24) is 0 Å². The topological polar surface area (TPSA) is 59.6 Å². The van der Waals surface area contributed by atoms with E-state index in [1.54, 1.807) is 12.1 Å². The van der Waals surface area contributed by atoms with Crippen LogP contribution < -0.4 is 5.32 Å². The highest BCUT2D eigenvalue weighted by Gasteiger charge is 2.05. The van der Waals surface area contributed by atoms with E-state index in [0.717, 1.165) is 18.7 Å². The van der Waals surface area contributed by atoms with Crippen LogP contribution in [-0.2, 0) is 0 Å². The molecule has 0 fully saturated rings. The first-order chi connectivity index (χ1) is 10.2. The third kappa shape index (κ3) is 3.84. The summed E-state index contributed by atoms with van der Waals surface area (Å²) in [5.74, 6) is 0.479. The second-order valence-corrected chi connectivity index (χ2v) is 5.01. The maximum absolute atomic E-state index is 9.01. The summed E-state index contributed by atoms with van der Waals surface area (Å²) in [7, 11) is 0. The van der Waals surface area contributed by atoms with E-state index in [1.807, 2.05) is 24.3 Å². The Morgan fingerprint density at radius 2 is 1.71 bits per heavy atom. The number of hydrogen-bond donors (Lipinski definition) is 1. The van der Waals surface area contributed by atoms with E-state index >= 15 is 0 Å². The molecule has 2 rings (SSSR count). The maximum Gasteiger partial charge on any atom is 0.101 e. The number of nitriles is 2. The Kier molecular flexibility index (Phi) is 4.96. The molecule has 0 bridgehead atoms. The molecule has 2 aromatic rings. The fraction of sp³-hybridized carbons (Fsp3) is 0.222. The molecule has 0 saturated carbocycles. The SMILES string of the molecule is CC(CCNc1ccc(C#N)c(C#N)c1)c1ccccc1. The molecule has 3 nitrogen and oxygen atoms in total. The van der Waals surface area contributed by atoms with E-state index in [-0.39, 0.29) is 0 Å². The van der Waals surface area contributed by atoms with Crippen LogP contribution in [0.25, 0.3) is 0 Å².